The molecule has 2 aromatic rings. The first-order valence-corrected chi connectivity index (χ1v) is 10.7. The zero-order chi connectivity index (χ0) is 23.7. The highest BCUT2D eigenvalue weighted by Crippen LogP contribution is 2.44. The summed E-state index contributed by atoms with van der Waals surface area (Å²) in [5.41, 5.74) is 6.59. The highest BCUT2D eigenvalue weighted by molar-refractivity contribution is 5.96. The second-order valence-corrected chi connectivity index (χ2v) is 8.49. The monoisotopic (exact) mass is 451 g/mol. The standard InChI is InChI=1S/C24H25N3O6/c1-13(2)21(22(29)27-19(23(30)31)11-20(28)26-27)25-24(32)33-12-18-16-9-5-3-7-14(16)15-8-4-6-10-17(15)18/h3-10,13,18-19,21H,11-12H2,1-2H3,(H,25,32)(H,26,28)(H,30,31)/t19?,21-/m1/s1. The van der Waals surface area contributed by atoms with Crippen LogP contribution in [0.2, 0.25) is 0 Å². The highest BCUT2D eigenvalue weighted by atomic mass is 16.5. The summed E-state index contributed by atoms with van der Waals surface area (Å²) in [4.78, 5) is 48.7. The van der Waals surface area contributed by atoms with Crippen LogP contribution in [0, 0.1) is 5.92 Å². The third-order valence-electron chi connectivity index (χ3n) is 6.01. The van der Waals surface area contributed by atoms with Crippen LogP contribution < -0.4 is 10.7 Å². The minimum absolute atomic E-state index is 0.0804. The largest absolute Gasteiger partial charge is 0.480 e. The van der Waals surface area contributed by atoms with Crippen molar-refractivity contribution in [1.82, 2.24) is 15.8 Å². The smallest absolute Gasteiger partial charge is 0.407 e. The normalized spacial score (nSPS) is 17.8. The third-order valence-corrected chi connectivity index (χ3v) is 6.01. The molecule has 1 fully saturated rings. The van der Waals surface area contributed by atoms with E-state index in [4.69, 9.17) is 4.74 Å². The number of aliphatic carboxylic acids is 1. The first-order chi connectivity index (χ1) is 15.8. The van der Waals surface area contributed by atoms with E-state index in [2.05, 4.69) is 10.7 Å². The van der Waals surface area contributed by atoms with Gasteiger partial charge in [-0.2, -0.15) is 0 Å². The van der Waals surface area contributed by atoms with Crippen molar-refractivity contribution >= 4 is 23.9 Å². The van der Waals surface area contributed by atoms with E-state index in [1.165, 1.54) is 0 Å². The van der Waals surface area contributed by atoms with Gasteiger partial charge in [-0.05, 0) is 28.2 Å². The molecule has 0 spiro atoms. The lowest BCUT2D eigenvalue weighted by Gasteiger charge is -2.28. The number of benzene rings is 2. The van der Waals surface area contributed by atoms with E-state index in [1.54, 1.807) is 13.8 Å². The summed E-state index contributed by atoms with van der Waals surface area (Å²) in [5, 5.41) is 12.6. The minimum atomic E-state index is -1.32. The van der Waals surface area contributed by atoms with Crippen LogP contribution in [0.5, 0.6) is 0 Å². The van der Waals surface area contributed by atoms with E-state index in [0.29, 0.717) is 0 Å². The fraction of sp³-hybridized carbons (Fsp3) is 0.333. The molecule has 1 aliphatic carbocycles. The van der Waals surface area contributed by atoms with E-state index >= 15 is 0 Å². The van der Waals surface area contributed by atoms with Gasteiger partial charge in [0.2, 0.25) is 5.91 Å². The van der Waals surface area contributed by atoms with Crippen LogP contribution in [0.1, 0.15) is 37.3 Å². The summed E-state index contributed by atoms with van der Waals surface area (Å²) < 4.78 is 5.50. The number of carboxylic acid groups (broad SMARTS) is 1. The maximum Gasteiger partial charge on any atom is 0.407 e. The summed E-state index contributed by atoms with van der Waals surface area (Å²) in [6.07, 6.45) is -1.13. The van der Waals surface area contributed by atoms with Crippen LogP contribution in [-0.2, 0) is 19.1 Å². The van der Waals surface area contributed by atoms with Gasteiger partial charge in [0, 0.05) is 5.92 Å². The molecule has 3 amide bonds. The average molecular weight is 451 g/mol. The van der Waals surface area contributed by atoms with Crippen LogP contribution in [0.25, 0.3) is 11.1 Å². The maximum absolute atomic E-state index is 12.9. The molecule has 9 heteroatoms. The molecular formula is C24H25N3O6. The molecule has 1 saturated heterocycles. The molecule has 2 atom stereocenters. The Morgan fingerprint density at radius 1 is 1.09 bits per heavy atom. The Labute approximate surface area is 190 Å². The number of nitrogens with one attached hydrogen (secondary N) is 2. The van der Waals surface area contributed by atoms with E-state index in [-0.39, 0.29) is 24.9 Å². The summed E-state index contributed by atoms with van der Waals surface area (Å²) >= 11 is 0. The van der Waals surface area contributed by atoms with E-state index in [1.807, 2.05) is 48.5 Å². The number of amides is 3. The van der Waals surface area contributed by atoms with Gasteiger partial charge >= 0.3 is 12.1 Å². The van der Waals surface area contributed by atoms with Crippen molar-refractivity contribution in [3.8, 4) is 11.1 Å². The van der Waals surface area contributed by atoms with Gasteiger partial charge in [-0.3, -0.25) is 15.0 Å². The number of hydrazine groups is 1. The van der Waals surface area contributed by atoms with Crippen molar-refractivity contribution in [1.29, 1.82) is 0 Å². The van der Waals surface area contributed by atoms with Gasteiger partial charge in [-0.1, -0.05) is 62.4 Å². The number of carboxylic acids is 1. The number of carbonyl (C=O) groups excluding carboxylic acids is 3. The Bertz CT molecular complexity index is 1070. The molecule has 4 rings (SSSR count). The summed E-state index contributed by atoms with van der Waals surface area (Å²) in [7, 11) is 0. The van der Waals surface area contributed by atoms with Crippen LogP contribution in [0.4, 0.5) is 4.79 Å². The lowest BCUT2D eigenvalue weighted by atomic mass is 9.98. The van der Waals surface area contributed by atoms with Gasteiger partial charge in [-0.25, -0.2) is 14.6 Å². The molecule has 1 unspecified atom stereocenters. The lowest BCUT2D eigenvalue weighted by molar-refractivity contribution is -0.151. The van der Waals surface area contributed by atoms with E-state index in [9.17, 15) is 24.3 Å². The number of carbonyl (C=O) groups is 4. The van der Waals surface area contributed by atoms with Gasteiger partial charge in [-0.15, -0.1) is 0 Å². The molecule has 1 heterocycles. The van der Waals surface area contributed by atoms with Gasteiger partial charge < -0.3 is 15.2 Å². The van der Waals surface area contributed by atoms with Crippen LogP contribution >= 0.6 is 0 Å². The molecule has 2 aromatic carbocycles. The van der Waals surface area contributed by atoms with E-state index in [0.717, 1.165) is 27.3 Å². The Kier molecular flexibility index (Phi) is 6.04. The van der Waals surface area contributed by atoms with Crippen molar-refractivity contribution in [3.05, 3.63) is 59.7 Å². The predicted octanol–water partition coefficient (Wildman–Crippen LogP) is 2.27. The number of ether oxygens (including phenoxy) is 1. The van der Waals surface area contributed by atoms with Gasteiger partial charge in [0.1, 0.15) is 12.6 Å². The van der Waals surface area contributed by atoms with Crippen molar-refractivity contribution in [2.24, 2.45) is 5.92 Å². The molecule has 1 aliphatic heterocycles. The van der Waals surface area contributed by atoms with Crippen molar-refractivity contribution in [2.75, 3.05) is 6.61 Å². The average Bonchev–Trinajstić information content (AvgIpc) is 3.34. The summed E-state index contributed by atoms with van der Waals surface area (Å²) in [6.45, 7) is 3.50. The molecule has 0 saturated carbocycles. The number of alkyl carbamates (subject to hydrolysis) is 1. The van der Waals surface area contributed by atoms with Crippen molar-refractivity contribution < 1.29 is 29.0 Å². The van der Waals surface area contributed by atoms with Gasteiger partial charge in [0.05, 0.1) is 6.42 Å². The Morgan fingerprint density at radius 3 is 2.21 bits per heavy atom. The molecule has 0 radical (unpaired) electrons. The predicted molar refractivity (Wildman–Crippen MR) is 118 cm³/mol. The first-order valence-electron chi connectivity index (χ1n) is 10.7. The summed E-state index contributed by atoms with van der Waals surface area (Å²) in [5.74, 6) is -3.09. The molecule has 9 nitrogen and oxygen atoms in total. The molecule has 3 N–H and O–H groups in total. The second kappa shape index (κ2) is 8.93. The Hall–Kier alpha value is -3.88. The number of fused-ring (bicyclic) bond motifs is 3. The van der Waals surface area contributed by atoms with Crippen molar-refractivity contribution in [3.63, 3.8) is 0 Å². The zero-order valence-corrected chi connectivity index (χ0v) is 18.3. The van der Waals surface area contributed by atoms with E-state index < -0.39 is 36.0 Å². The number of nitrogens with zero attached hydrogens (tertiary/aromatic N) is 1. The van der Waals surface area contributed by atoms with Crippen LogP contribution in [0.3, 0.4) is 0 Å². The number of hydrogen-bond donors (Lipinski definition) is 3. The summed E-state index contributed by atoms with van der Waals surface area (Å²) in [6, 6.07) is 13.5. The highest BCUT2D eigenvalue weighted by Gasteiger charge is 2.42. The van der Waals surface area contributed by atoms with Crippen LogP contribution in [0.15, 0.2) is 48.5 Å². The molecule has 33 heavy (non-hydrogen) atoms. The minimum Gasteiger partial charge on any atom is -0.480 e. The zero-order valence-electron chi connectivity index (χ0n) is 18.3. The topological polar surface area (TPSA) is 125 Å². The molecule has 0 aromatic heterocycles. The molecule has 2 aliphatic rings. The SMILES string of the molecule is CC(C)[C@@H](NC(=O)OCC1c2ccccc2-c2ccccc21)C(=O)N1NC(=O)CC1C(=O)O. The first kappa shape index (κ1) is 22.3. The van der Waals surface area contributed by atoms with Crippen LogP contribution in [-0.4, -0.2) is 52.7 Å². The lowest BCUT2D eigenvalue weighted by Crippen LogP contribution is -2.57. The Balaban J connectivity index is 1.45. The number of rotatable bonds is 6. The fourth-order valence-electron chi connectivity index (χ4n) is 4.36. The second-order valence-electron chi connectivity index (χ2n) is 8.49. The van der Waals surface area contributed by atoms with Gasteiger partial charge in [0.25, 0.3) is 5.91 Å². The molecule has 0 bridgehead atoms. The quantitative estimate of drug-likeness (QED) is 0.619. The molecular weight excluding hydrogens is 426 g/mol. The molecule has 172 valence electrons. The van der Waals surface area contributed by atoms with Gasteiger partial charge in [0.15, 0.2) is 6.04 Å². The fourth-order valence-corrected chi connectivity index (χ4v) is 4.36. The third kappa shape index (κ3) is 4.26. The Morgan fingerprint density at radius 2 is 1.67 bits per heavy atom. The maximum atomic E-state index is 12.9. The number of hydrogen-bond acceptors (Lipinski definition) is 5. The van der Waals surface area contributed by atoms with Crippen molar-refractivity contribution in [2.45, 2.75) is 38.3 Å².